The molecule has 0 bridgehead atoms. The summed E-state index contributed by atoms with van der Waals surface area (Å²) in [7, 11) is 0. The summed E-state index contributed by atoms with van der Waals surface area (Å²) in [6.45, 7) is 1.35. The molecule has 2 aromatic heterocycles. The number of aromatic nitrogens is 3. The van der Waals surface area contributed by atoms with Gasteiger partial charge in [0.2, 0.25) is 11.8 Å². The average Bonchev–Trinajstić information content (AvgIpc) is 3.15. The highest BCUT2D eigenvalue weighted by Gasteiger charge is 2.34. The fourth-order valence-corrected chi connectivity index (χ4v) is 3.54. The Labute approximate surface area is 175 Å². The maximum absolute atomic E-state index is 12.5. The molecule has 7 heteroatoms. The zero-order chi connectivity index (χ0) is 20.8. The quantitative estimate of drug-likeness (QED) is 0.656. The standard InChI is InChI=1S/C23H23N5O2/c29-22-13-19(16-28(22)15-17-5-4-10-24-14-17)23(30)26-12-9-21-25-11-8-20(27-21)18-6-2-1-3-7-18/h1-8,10-11,14,19H,9,12-13,15-16H2,(H,26,30)/t19-/m0/s1. The van der Waals surface area contributed by atoms with E-state index in [0.29, 0.717) is 31.9 Å². The van der Waals surface area contributed by atoms with E-state index in [2.05, 4.69) is 20.3 Å². The highest BCUT2D eigenvalue weighted by Crippen LogP contribution is 2.20. The number of benzene rings is 1. The molecule has 1 aliphatic rings. The van der Waals surface area contributed by atoms with Crippen LogP contribution in [-0.4, -0.2) is 44.8 Å². The van der Waals surface area contributed by atoms with Gasteiger partial charge in [-0.3, -0.25) is 14.6 Å². The first kappa shape index (κ1) is 19.7. The summed E-state index contributed by atoms with van der Waals surface area (Å²) < 4.78 is 0. The Morgan fingerprint density at radius 1 is 1.10 bits per heavy atom. The molecule has 1 N–H and O–H groups in total. The van der Waals surface area contributed by atoms with Crippen molar-refractivity contribution in [3.63, 3.8) is 0 Å². The van der Waals surface area contributed by atoms with Gasteiger partial charge in [0.25, 0.3) is 0 Å². The van der Waals surface area contributed by atoms with Crippen molar-refractivity contribution >= 4 is 11.8 Å². The third kappa shape index (κ3) is 4.86. The van der Waals surface area contributed by atoms with E-state index < -0.39 is 0 Å². The van der Waals surface area contributed by atoms with E-state index in [-0.39, 0.29) is 24.2 Å². The monoisotopic (exact) mass is 401 g/mol. The normalized spacial score (nSPS) is 15.9. The van der Waals surface area contributed by atoms with Gasteiger partial charge in [0, 0.05) is 56.6 Å². The van der Waals surface area contributed by atoms with Gasteiger partial charge in [-0.1, -0.05) is 36.4 Å². The first-order valence-electron chi connectivity index (χ1n) is 10.0. The Balaban J connectivity index is 1.28. The molecule has 1 atom stereocenters. The highest BCUT2D eigenvalue weighted by atomic mass is 16.2. The van der Waals surface area contributed by atoms with E-state index in [9.17, 15) is 9.59 Å². The van der Waals surface area contributed by atoms with Crippen LogP contribution in [0, 0.1) is 5.92 Å². The summed E-state index contributed by atoms with van der Waals surface area (Å²) >= 11 is 0. The lowest BCUT2D eigenvalue weighted by atomic mass is 10.1. The number of rotatable bonds is 7. The highest BCUT2D eigenvalue weighted by molar-refractivity contribution is 5.89. The molecule has 0 saturated carbocycles. The molecule has 0 spiro atoms. The van der Waals surface area contributed by atoms with Crippen LogP contribution in [-0.2, 0) is 22.6 Å². The number of hydrogen-bond acceptors (Lipinski definition) is 5. The smallest absolute Gasteiger partial charge is 0.225 e. The number of nitrogens with zero attached hydrogens (tertiary/aromatic N) is 4. The summed E-state index contributed by atoms with van der Waals surface area (Å²) in [5, 5.41) is 2.93. The molecule has 7 nitrogen and oxygen atoms in total. The molecule has 0 unspecified atom stereocenters. The van der Waals surface area contributed by atoms with Crippen molar-refractivity contribution in [2.24, 2.45) is 5.92 Å². The first-order valence-corrected chi connectivity index (χ1v) is 10.0. The summed E-state index contributed by atoms with van der Waals surface area (Å²) in [5.41, 5.74) is 2.85. The Morgan fingerprint density at radius 3 is 2.77 bits per heavy atom. The molecule has 30 heavy (non-hydrogen) atoms. The van der Waals surface area contributed by atoms with Crippen molar-refractivity contribution in [1.82, 2.24) is 25.2 Å². The minimum absolute atomic E-state index is 0.00195. The Morgan fingerprint density at radius 2 is 1.97 bits per heavy atom. The number of amides is 2. The SMILES string of the molecule is O=C(NCCc1nccc(-c2ccccc2)n1)[C@H]1CC(=O)N(Cc2cccnc2)C1. The van der Waals surface area contributed by atoms with E-state index in [1.54, 1.807) is 23.5 Å². The lowest BCUT2D eigenvalue weighted by molar-refractivity contribution is -0.129. The Kier molecular flexibility index (Phi) is 6.08. The molecule has 1 aliphatic heterocycles. The van der Waals surface area contributed by atoms with E-state index in [4.69, 9.17) is 0 Å². The zero-order valence-corrected chi connectivity index (χ0v) is 16.6. The van der Waals surface area contributed by atoms with Gasteiger partial charge in [0.05, 0.1) is 11.6 Å². The van der Waals surface area contributed by atoms with Crippen molar-refractivity contribution in [2.45, 2.75) is 19.4 Å². The van der Waals surface area contributed by atoms with Gasteiger partial charge >= 0.3 is 0 Å². The molecule has 3 aromatic rings. The maximum Gasteiger partial charge on any atom is 0.225 e. The first-order chi connectivity index (χ1) is 14.7. The van der Waals surface area contributed by atoms with Gasteiger partial charge in [-0.2, -0.15) is 0 Å². The van der Waals surface area contributed by atoms with Crippen LogP contribution in [0.4, 0.5) is 0 Å². The van der Waals surface area contributed by atoms with Gasteiger partial charge in [-0.25, -0.2) is 9.97 Å². The molecular formula is C23H23N5O2. The molecule has 152 valence electrons. The third-order valence-corrected chi connectivity index (χ3v) is 5.10. The summed E-state index contributed by atoms with van der Waals surface area (Å²) in [4.78, 5) is 39.5. The molecule has 4 rings (SSSR count). The molecule has 1 aromatic carbocycles. The summed E-state index contributed by atoms with van der Waals surface area (Å²) in [6, 6.07) is 15.6. The Hall–Kier alpha value is -3.61. The van der Waals surface area contributed by atoms with Crippen LogP contribution in [0.15, 0.2) is 67.1 Å². The van der Waals surface area contributed by atoms with E-state index in [0.717, 1.165) is 16.8 Å². The summed E-state index contributed by atoms with van der Waals surface area (Å²) in [5.74, 6) is 0.247. The minimum Gasteiger partial charge on any atom is -0.355 e. The van der Waals surface area contributed by atoms with Crippen molar-refractivity contribution in [3.05, 3.63) is 78.5 Å². The number of carbonyl (C=O) groups excluding carboxylic acids is 2. The van der Waals surface area contributed by atoms with Crippen molar-refractivity contribution in [1.29, 1.82) is 0 Å². The van der Waals surface area contributed by atoms with Crippen LogP contribution >= 0.6 is 0 Å². The second kappa shape index (κ2) is 9.26. The average molecular weight is 401 g/mol. The van der Waals surface area contributed by atoms with Crippen LogP contribution in [0.2, 0.25) is 0 Å². The number of nitrogens with one attached hydrogen (secondary N) is 1. The number of likely N-dealkylation sites (tertiary alicyclic amines) is 1. The summed E-state index contributed by atoms with van der Waals surface area (Å²) in [6.07, 6.45) is 5.95. The number of carbonyl (C=O) groups is 2. The van der Waals surface area contributed by atoms with E-state index in [1.165, 1.54) is 0 Å². The molecule has 3 heterocycles. The number of pyridine rings is 1. The molecule has 0 aliphatic carbocycles. The van der Waals surface area contributed by atoms with Crippen molar-refractivity contribution < 1.29 is 9.59 Å². The van der Waals surface area contributed by atoms with Crippen molar-refractivity contribution in [2.75, 3.05) is 13.1 Å². The van der Waals surface area contributed by atoms with Crippen LogP contribution in [0.25, 0.3) is 11.3 Å². The van der Waals surface area contributed by atoms with E-state index in [1.807, 2.05) is 48.5 Å². The second-order valence-electron chi connectivity index (χ2n) is 7.30. The van der Waals surface area contributed by atoms with E-state index >= 15 is 0 Å². The second-order valence-corrected chi connectivity index (χ2v) is 7.30. The zero-order valence-electron chi connectivity index (χ0n) is 16.6. The van der Waals surface area contributed by atoms with Gasteiger partial charge in [0.15, 0.2) is 0 Å². The van der Waals surface area contributed by atoms with Gasteiger partial charge in [0.1, 0.15) is 5.82 Å². The van der Waals surface area contributed by atoms with Crippen molar-refractivity contribution in [3.8, 4) is 11.3 Å². The van der Waals surface area contributed by atoms with Gasteiger partial charge < -0.3 is 10.2 Å². The van der Waals surface area contributed by atoms with Crippen LogP contribution < -0.4 is 5.32 Å². The predicted molar refractivity (Wildman–Crippen MR) is 112 cm³/mol. The lowest BCUT2D eigenvalue weighted by Gasteiger charge is -2.16. The fraction of sp³-hybridized carbons (Fsp3) is 0.261. The number of hydrogen-bond donors (Lipinski definition) is 1. The predicted octanol–water partition coefficient (Wildman–Crippen LogP) is 2.25. The van der Waals surface area contributed by atoms with Crippen LogP contribution in [0.1, 0.15) is 17.8 Å². The molecule has 2 amide bonds. The fourth-order valence-electron chi connectivity index (χ4n) is 3.54. The maximum atomic E-state index is 12.5. The lowest BCUT2D eigenvalue weighted by Crippen LogP contribution is -2.34. The van der Waals surface area contributed by atoms with Gasteiger partial charge in [-0.15, -0.1) is 0 Å². The van der Waals surface area contributed by atoms with Gasteiger partial charge in [-0.05, 0) is 17.7 Å². The topological polar surface area (TPSA) is 88.1 Å². The minimum atomic E-state index is -0.328. The van der Waals surface area contributed by atoms with Crippen LogP contribution in [0.5, 0.6) is 0 Å². The largest absolute Gasteiger partial charge is 0.355 e. The van der Waals surface area contributed by atoms with Crippen LogP contribution in [0.3, 0.4) is 0 Å². The Bertz CT molecular complexity index is 1010. The molecule has 1 saturated heterocycles. The third-order valence-electron chi connectivity index (χ3n) is 5.10. The molecule has 0 radical (unpaired) electrons. The molecule has 1 fully saturated rings. The molecular weight excluding hydrogens is 378 g/mol.